The molecule has 2 aromatic heterocycles. The molecule has 36 heavy (non-hydrogen) atoms. The molecule has 8 nitrogen and oxygen atoms in total. The fraction of sp³-hybridized carbons (Fsp3) is 0.148. The minimum absolute atomic E-state index is 0.192. The Hall–Kier alpha value is -4.37. The monoisotopic (exact) mass is 499 g/mol. The fourth-order valence-corrected chi connectivity index (χ4v) is 4.86. The van der Waals surface area contributed by atoms with Crippen LogP contribution in [0.4, 0.5) is 5.69 Å². The van der Waals surface area contributed by atoms with Crippen LogP contribution >= 0.6 is 12.2 Å². The molecule has 2 aliphatic heterocycles. The second kappa shape index (κ2) is 9.01. The van der Waals surface area contributed by atoms with Gasteiger partial charge in [0.1, 0.15) is 17.6 Å². The van der Waals surface area contributed by atoms with E-state index in [0.29, 0.717) is 33.7 Å². The number of furan rings is 1. The normalized spacial score (nSPS) is 18.2. The number of carbonyl (C=O) groups excluding carboxylic acids is 1. The quantitative estimate of drug-likeness (QED) is 0.300. The summed E-state index contributed by atoms with van der Waals surface area (Å²) in [6.07, 6.45) is 1.76. The van der Waals surface area contributed by atoms with Crippen LogP contribution in [0.15, 0.2) is 83.4 Å². The highest BCUT2D eigenvalue weighted by Crippen LogP contribution is 2.45. The van der Waals surface area contributed by atoms with Crippen molar-refractivity contribution in [2.45, 2.75) is 12.1 Å². The lowest BCUT2D eigenvalue weighted by molar-refractivity contribution is 0.0600. The second-order valence-corrected chi connectivity index (χ2v) is 8.69. The van der Waals surface area contributed by atoms with E-state index in [0.717, 1.165) is 16.9 Å². The Morgan fingerprint density at radius 3 is 2.67 bits per heavy atom. The van der Waals surface area contributed by atoms with Crippen LogP contribution in [-0.4, -0.2) is 30.0 Å². The van der Waals surface area contributed by atoms with E-state index in [4.69, 9.17) is 30.8 Å². The molecule has 0 radical (unpaired) electrons. The molecule has 1 N–H and O–H groups in total. The topological polar surface area (TPSA) is 86.1 Å². The summed E-state index contributed by atoms with van der Waals surface area (Å²) in [6.45, 7) is 0.192. The van der Waals surface area contributed by atoms with E-state index < -0.39 is 0 Å². The number of ether oxygens (including phenoxy) is 3. The van der Waals surface area contributed by atoms with Gasteiger partial charge in [0.2, 0.25) is 6.79 Å². The molecule has 0 spiro atoms. The summed E-state index contributed by atoms with van der Waals surface area (Å²) in [4.78, 5) is 18.4. The number of pyridine rings is 1. The first-order chi connectivity index (χ1) is 17.6. The Kier molecular flexibility index (Phi) is 5.54. The van der Waals surface area contributed by atoms with Crippen LogP contribution < -0.4 is 19.7 Å². The lowest BCUT2D eigenvalue weighted by Gasteiger charge is -2.26. The maximum absolute atomic E-state index is 11.8. The van der Waals surface area contributed by atoms with E-state index in [1.54, 1.807) is 18.3 Å². The van der Waals surface area contributed by atoms with Crippen molar-refractivity contribution in [3.63, 3.8) is 0 Å². The maximum atomic E-state index is 11.8. The minimum Gasteiger partial charge on any atom is -0.465 e. The molecule has 180 valence electrons. The van der Waals surface area contributed by atoms with Crippen LogP contribution in [0.1, 0.15) is 33.9 Å². The molecular weight excluding hydrogens is 478 g/mol. The molecule has 0 saturated carbocycles. The average molecular weight is 500 g/mol. The number of benzene rings is 2. The van der Waals surface area contributed by atoms with Crippen molar-refractivity contribution in [3.05, 3.63) is 96.0 Å². The summed E-state index contributed by atoms with van der Waals surface area (Å²) in [5.41, 5.74) is 3.00. The van der Waals surface area contributed by atoms with E-state index in [2.05, 4.69) is 10.3 Å². The zero-order valence-electron chi connectivity index (χ0n) is 19.2. The van der Waals surface area contributed by atoms with Gasteiger partial charge in [-0.3, -0.25) is 4.98 Å². The van der Waals surface area contributed by atoms with Crippen LogP contribution in [0.3, 0.4) is 0 Å². The van der Waals surface area contributed by atoms with Gasteiger partial charge in [0.25, 0.3) is 0 Å². The van der Waals surface area contributed by atoms with Gasteiger partial charge < -0.3 is 28.8 Å². The third kappa shape index (κ3) is 3.83. The first kappa shape index (κ1) is 22.1. The Balaban J connectivity index is 1.39. The SMILES string of the molecule is COC(=O)c1ccc(-c2ccc([C@@H]3[C@H](c4ccccn4)NC(=S)N3c3ccc4c(c3)OCO4)o2)cc1. The Bertz CT molecular complexity index is 1440. The first-order valence-corrected chi connectivity index (χ1v) is 11.7. The van der Waals surface area contributed by atoms with Gasteiger partial charge in [0.05, 0.1) is 24.4 Å². The van der Waals surface area contributed by atoms with E-state index in [1.165, 1.54) is 7.11 Å². The molecule has 0 bridgehead atoms. The molecule has 1 saturated heterocycles. The molecule has 2 aliphatic rings. The minimum atomic E-state index is -0.384. The smallest absolute Gasteiger partial charge is 0.337 e. The Morgan fingerprint density at radius 2 is 1.89 bits per heavy atom. The van der Waals surface area contributed by atoms with Crippen molar-refractivity contribution in [1.82, 2.24) is 10.3 Å². The van der Waals surface area contributed by atoms with Crippen molar-refractivity contribution >= 4 is 29.0 Å². The summed E-state index contributed by atoms with van der Waals surface area (Å²) in [7, 11) is 1.36. The number of rotatable bonds is 5. The second-order valence-electron chi connectivity index (χ2n) is 8.31. The number of aromatic nitrogens is 1. The number of methoxy groups -OCH3 is 1. The van der Waals surface area contributed by atoms with E-state index >= 15 is 0 Å². The third-order valence-corrected chi connectivity index (χ3v) is 6.56. The Morgan fingerprint density at radius 1 is 1.06 bits per heavy atom. The average Bonchev–Trinajstić information content (AvgIpc) is 3.66. The predicted molar refractivity (Wildman–Crippen MR) is 136 cm³/mol. The van der Waals surface area contributed by atoms with Crippen molar-refractivity contribution in [2.75, 3.05) is 18.8 Å². The van der Waals surface area contributed by atoms with Crippen LogP contribution in [0.25, 0.3) is 11.3 Å². The standard InChI is InChI=1S/C27H21N3O5S/c1-32-26(31)17-7-5-16(6-8-17)20-11-12-22(35-20)25-24(19-4-2-3-13-28-19)29-27(36)30(25)18-9-10-21-23(14-18)34-15-33-21/h2-14,24-25H,15H2,1H3,(H,29,36)/t24-,25+/m0/s1. The Labute approximate surface area is 212 Å². The third-order valence-electron chi connectivity index (χ3n) is 6.24. The number of esters is 1. The molecule has 1 fully saturated rings. The molecule has 4 aromatic rings. The number of carbonyl (C=O) groups is 1. The van der Waals surface area contributed by atoms with Crippen LogP contribution in [-0.2, 0) is 4.74 Å². The molecular formula is C27H21N3O5S. The summed E-state index contributed by atoms with van der Waals surface area (Å²) in [5.74, 6) is 2.36. The zero-order chi connectivity index (χ0) is 24.6. The van der Waals surface area contributed by atoms with Crippen molar-refractivity contribution in [1.29, 1.82) is 0 Å². The largest absolute Gasteiger partial charge is 0.465 e. The predicted octanol–water partition coefficient (Wildman–Crippen LogP) is 5.03. The number of hydrogen-bond acceptors (Lipinski definition) is 7. The molecule has 0 aliphatic carbocycles. The van der Waals surface area contributed by atoms with Crippen molar-refractivity contribution in [3.8, 4) is 22.8 Å². The summed E-state index contributed by atoms with van der Waals surface area (Å²) in [5, 5.41) is 3.97. The summed E-state index contributed by atoms with van der Waals surface area (Å²) >= 11 is 5.78. The first-order valence-electron chi connectivity index (χ1n) is 11.3. The highest BCUT2D eigenvalue weighted by molar-refractivity contribution is 7.80. The van der Waals surface area contributed by atoms with Crippen LogP contribution in [0.2, 0.25) is 0 Å². The molecule has 4 heterocycles. The molecule has 2 aromatic carbocycles. The number of nitrogens with one attached hydrogen (secondary N) is 1. The highest BCUT2D eigenvalue weighted by atomic mass is 32.1. The molecule has 0 unspecified atom stereocenters. The van der Waals surface area contributed by atoms with E-state index in [-0.39, 0.29) is 24.8 Å². The van der Waals surface area contributed by atoms with Crippen LogP contribution in [0, 0.1) is 0 Å². The number of fused-ring (bicyclic) bond motifs is 1. The van der Waals surface area contributed by atoms with Gasteiger partial charge >= 0.3 is 5.97 Å². The van der Waals surface area contributed by atoms with Gasteiger partial charge in [0, 0.05) is 23.5 Å². The molecule has 2 atom stereocenters. The number of hydrogen-bond donors (Lipinski definition) is 1. The summed E-state index contributed by atoms with van der Waals surface area (Å²) in [6, 6.07) is 21.9. The van der Waals surface area contributed by atoms with Gasteiger partial charge in [0.15, 0.2) is 16.6 Å². The maximum Gasteiger partial charge on any atom is 0.337 e. The zero-order valence-corrected chi connectivity index (χ0v) is 20.0. The highest BCUT2D eigenvalue weighted by Gasteiger charge is 2.43. The van der Waals surface area contributed by atoms with Gasteiger partial charge in [-0.25, -0.2) is 4.79 Å². The van der Waals surface area contributed by atoms with Gasteiger partial charge in [-0.05, 0) is 60.7 Å². The van der Waals surface area contributed by atoms with E-state index in [9.17, 15) is 4.79 Å². The van der Waals surface area contributed by atoms with E-state index in [1.807, 2.05) is 65.6 Å². The number of nitrogens with zero attached hydrogens (tertiary/aromatic N) is 2. The fourth-order valence-electron chi connectivity index (χ4n) is 4.51. The van der Waals surface area contributed by atoms with Crippen molar-refractivity contribution in [2.24, 2.45) is 0 Å². The van der Waals surface area contributed by atoms with Gasteiger partial charge in [-0.15, -0.1) is 0 Å². The summed E-state index contributed by atoms with van der Waals surface area (Å²) < 4.78 is 22.3. The molecule has 0 amide bonds. The van der Waals surface area contributed by atoms with Gasteiger partial charge in [-0.2, -0.15) is 0 Å². The lowest BCUT2D eigenvalue weighted by Crippen LogP contribution is -2.29. The lowest BCUT2D eigenvalue weighted by atomic mass is 10.0. The van der Waals surface area contributed by atoms with Crippen LogP contribution in [0.5, 0.6) is 11.5 Å². The molecule has 6 rings (SSSR count). The van der Waals surface area contributed by atoms with Gasteiger partial charge in [-0.1, -0.05) is 18.2 Å². The number of thiocarbonyl (C=S) groups is 1. The number of anilines is 1. The van der Waals surface area contributed by atoms with Crippen molar-refractivity contribution < 1.29 is 23.4 Å². The molecule has 9 heteroatoms.